The van der Waals surface area contributed by atoms with Gasteiger partial charge in [0.05, 0.1) is 0 Å². The summed E-state index contributed by atoms with van der Waals surface area (Å²) in [6.45, 7) is 6.76. The Morgan fingerprint density at radius 1 is 1.26 bits per heavy atom. The first kappa shape index (κ1) is 16.4. The molecule has 0 atom stereocenters. The Bertz CT molecular complexity index is 528. The van der Waals surface area contributed by atoms with Crippen molar-refractivity contribution in [3.8, 4) is 0 Å². The van der Waals surface area contributed by atoms with E-state index in [0.717, 1.165) is 38.8 Å². The molecule has 2 aliphatic rings. The largest absolute Gasteiger partial charge is 0.354 e. The molecular weight excluding hydrogens is 292 g/mol. The first-order valence-electron chi connectivity index (χ1n) is 8.98. The Morgan fingerprint density at radius 2 is 1.96 bits per heavy atom. The molecule has 0 radical (unpaired) electrons. The number of rotatable bonds is 6. The highest BCUT2D eigenvalue weighted by atomic mass is 16.5. The van der Waals surface area contributed by atoms with Crippen LogP contribution in [0.1, 0.15) is 70.0 Å². The molecule has 1 aliphatic heterocycles. The van der Waals surface area contributed by atoms with Crippen LogP contribution in [0.15, 0.2) is 4.52 Å². The lowest BCUT2D eigenvalue weighted by atomic mass is 9.94. The highest BCUT2D eigenvalue weighted by Gasteiger charge is 2.46. The maximum atomic E-state index is 12.8. The molecule has 3 rings (SSSR count). The summed E-state index contributed by atoms with van der Waals surface area (Å²) in [5.74, 6) is 1.78. The van der Waals surface area contributed by atoms with Crippen LogP contribution in [0, 0.1) is 0 Å². The second-order valence-electron chi connectivity index (χ2n) is 7.14. The lowest BCUT2D eigenvalue weighted by Crippen LogP contribution is -2.56. The van der Waals surface area contributed by atoms with Crippen molar-refractivity contribution in [1.82, 2.24) is 20.4 Å². The molecule has 128 valence electrons. The number of aromatic nitrogens is 2. The highest BCUT2D eigenvalue weighted by molar-refractivity contribution is 5.86. The molecule has 6 nitrogen and oxygen atoms in total. The van der Waals surface area contributed by atoms with E-state index in [4.69, 9.17) is 4.52 Å². The van der Waals surface area contributed by atoms with Gasteiger partial charge in [0.25, 0.3) is 0 Å². The van der Waals surface area contributed by atoms with Crippen LogP contribution in [-0.4, -0.2) is 46.1 Å². The molecule has 1 saturated heterocycles. The van der Waals surface area contributed by atoms with E-state index < -0.39 is 0 Å². The number of hydrogen-bond acceptors (Lipinski definition) is 5. The van der Waals surface area contributed by atoms with Crippen molar-refractivity contribution in [1.29, 1.82) is 0 Å². The van der Waals surface area contributed by atoms with Crippen LogP contribution in [-0.2, 0) is 11.2 Å². The van der Waals surface area contributed by atoms with Crippen molar-refractivity contribution < 1.29 is 9.32 Å². The molecular formula is C17H28N4O2. The normalized spacial score (nSPS) is 21.2. The van der Waals surface area contributed by atoms with Gasteiger partial charge in [-0.2, -0.15) is 4.98 Å². The number of carbonyl (C=O) groups excluding carboxylic acids is 1. The van der Waals surface area contributed by atoms with Crippen LogP contribution >= 0.6 is 0 Å². The minimum atomic E-state index is -0.253. The fourth-order valence-electron chi connectivity index (χ4n) is 3.85. The van der Waals surface area contributed by atoms with Gasteiger partial charge in [0, 0.05) is 18.9 Å². The Morgan fingerprint density at radius 3 is 2.57 bits per heavy atom. The molecule has 6 heteroatoms. The zero-order valence-corrected chi connectivity index (χ0v) is 14.3. The van der Waals surface area contributed by atoms with E-state index in [-0.39, 0.29) is 17.4 Å². The average Bonchev–Trinajstić information content (AvgIpc) is 3.27. The van der Waals surface area contributed by atoms with Gasteiger partial charge >= 0.3 is 0 Å². The fourth-order valence-corrected chi connectivity index (χ4v) is 3.85. The van der Waals surface area contributed by atoms with Gasteiger partial charge in [-0.25, -0.2) is 0 Å². The molecule has 1 amide bonds. The van der Waals surface area contributed by atoms with Gasteiger partial charge in [-0.15, -0.1) is 0 Å². The third-order valence-corrected chi connectivity index (χ3v) is 5.18. The molecule has 1 N–H and O–H groups in total. The van der Waals surface area contributed by atoms with E-state index >= 15 is 0 Å². The van der Waals surface area contributed by atoms with Crippen molar-refractivity contribution in [2.24, 2.45) is 0 Å². The van der Waals surface area contributed by atoms with Crippen LogP contribution in [0.25, 0.3) is 0 Å². The molecule has 1 aliphatic carbocycles. The van der Waals surface area contributed by atoms with E-state index in [1.807, 2.05) is 13.8 Å². The summed E-state index contributed by atoms with van der Waals surface area (Å²) in [4.78, 5) is 19.6. The SMILES string of the molecule is CC(C)c1nc(CCNC(=O)C2(N3CCCC3)CCCC2)no1. The summed E-state index contributed by atoms with van der Waals surface area (Å²) in [5.41, 5.74) is -0.253. The Kier molecular flexibility index (Phi) is 4.99. The number of amides is 1. The molecule has 1 aromatic heterocycles. The summed E-state index contributed by atoms with van der Waals surface area (Å²) in [6.07, 6.45) is 7.37. The topological polar surface area (TPSA) is 71.3 Å². The molecule has 23 heavy (non-hydrogen) atoms. The van der Waals surface area contributed by atoms with Crippen LogP contribution in [0.4, 0.5) is 0 Å². The Labute approximate surface area is 138 Å². The third kappa shape index (κ3) is 3.42. The summed E-state index contributed by atoms with van der Waals surface area (Å²) >= 11 is 0. The van der Waals surface area contributed by atoms with E-state index in [1.165, 1.54) is 12.8 Å². The van der Waals surface area contributed by atoms with Crippen molar-refractivity contribution >= 4 is 5.91 Å². The van der Waals surface area contributed by atoms with Crippen molar-refractivity contribution in [2.75, 3.05) is 19.6 Å². The molecule has 1 saturated carbocycles. The van der Waals surface area contributed by atoms with Gasteiger partial charge in [0.1, 0.15) is 5.54 Å². The minimum Gasteiger partial charge on any atom is -0.354 e. The van der Waals surface area contributed by atoms with E-state index in [2.05, 4.69) is 20.4 Å². The predicted molar refractivity (Wildman–Crippen MR) is 87.1 cm³/mol. The molecule has 2 fully saturated rings. The van der Waals surface area contributed by atoms with E-state index in [1.54, 1.807) is 0 Å². The predicted octanol–water partition coefficient (Wildman–Crippen LogP) is 2.26. The number of nitrogens with zero attached hydrogens (tertiary/aromatic N) is 3. The smallest absolute Gasteiger partial charge is 0.240 e. The van der Waals surface area contributed by atoms with Crippen molar-refractivity contribution in [3.05, 3.63) is 11.7 Å². The first-order chi connectivity index (χ1) is 11.1. The zero-order chi connectivity index (χ0) is 16.3. The molecule has 0 bridgehead atoms. The second-order valence-corrected chi connectivity index (χ2v) is 7.14. The van der Waals surface area contributed by atoms with Crippen LogP contribution in [0.2, 0.25) is 0 Å². The van der Waals surface area contributed by atoms with Crippen molar-refractivity contribution in [2.45, 2.75) is 70.3 Å². The standard InChI is InChI=1S/C17H28N4O2/c1-13(2)15-19-14(20-23-15)7-10-18-16(22)17(8-3-4-9-17)21-11-5-6-12-21/h13H,3-12H2,1-2H3,(H,18,22). The Hall–Kier alpha value is -1.43. The third-order valence-electron chi connectivity index (χ3n) is 5.18. The minimum absolute atomic E-state index is 0.199. The van der Waals surface area contributed by atoms with Gasteiger partial charge in [-0.05, 0) is 38.8 Å². The van der Waals surface area contributed by atoms with Crippen LogP contribution in [0.5, 0.6) is 0 Å². The second kappa shape index (κ2) is 6.99. The Balaban J connectivity index is 1.54. The lowest BCUT2D eigenvalue weighted by molar-refractivity contribution is -0.132. The fraction of sp³-hybridized carbons (Fsp3) is 0.824. The van der Waals surface area contributed by atoms with E-state index in [0.29, 0.717) is 24.7 Å². The first-order valence-corrected chi connectivity index (χ1v) is 8.98. The average molecular weight is 320 g/mol. The van der Waals surface area contributed by atoms with E-state index in [9.17, 15) is 4.79 Å². The number of carbonyl (C=O) groups is 1. The quantitative estimate of drug-likeness (QED) is 0.870. The molecule has 0 unspecified atom stereocenters. The summed E-state index contributed by atoms with van der Waals surface area (Å²) in [6, 6.07) is 0. The highest BCUT2D eigenvalue weighted by Crippen LogP contribution is 2.37. The van der Waals surface area contributed by atoms with Crippen LogP contribution < -0.4 is 5.32 Å². The summed E-state index contributed by atoms with van der Waals surface area (Å²) in [5, 5.41) is 7.11. The van der Waals surface area contributed by atoms with Gasteiger partial charge in [0.2, 0.25) is 11.8 Å². The molecule has 0 aromatic carbocycles. The van der Waals surface area contributed by atoms with Crippen LogP contribution in [0.3, 0.4) is 0 Å². The van der Waals surface area contributed by atoms with Gasteiger partial charge in [0.15, 0.2) is 5.82 Å². The molecule has 1 aromatic rings. The maximum absolute atomic E-state index is 12.8. The van der Waals surface area contributed by atoms with Crippen molar-refractivity contribution in [3.63, 3.8) is 0 Å². The number of likely N-dealkylation sites (tertiary alicyclic amines) is 1. The summed E-state index contributed by atoms with van der Waals surface area (Å²) in [7, 11) is 0. The maximum Gasteiger partial charge on any atom is 0.240 e. The van der Waals surface area contributed by atoms with Gasteiger partial charge < -0.3 is 9.84 Å². The lowest BCUT2D eigenvalue weighted by Gasteiger charge is -2.37. The monoisotopic (exact) mass is 320 g/mol. The number of hydrogen-bond donors (Lipinski definition) is 1. The summed E-state index contributed by atoms with van der Waals surface area (Å²) < 4.78 is 5.20. The van der Waals surface area contributed by atoms with Gasteiger partial charge in [-0.3, -0.25) is 9.69 Å². The number of nitrogens with one attached hydrogen (secondary N) is 1. The van der Waals surface area contributed by atoms with Gasteiger partial charge in [-0.1, -0.05) is 31.8 Å². The molecule has 0 spiro atoms. The zero-order valence-electron chi connectivity index (χ0n) is 14.3. The molecule has 2 heterocycles.